The van der Waals surface area contributed by atoms with Gasteiger partial charge in [0.1, 0.15) is 12.4 Å². The van der Waals surface area contributed by atoms with Crippen molar-refractivity contribution < 1.29 is 13.2 Å². The Morgan fingerprint density at radius 3 is 2.41 bits per heavy atom. The SMILES string of the molecule is Cc1ccc(S(=O)(=O)N/N=C\c2ccc(OCc3ccccc3Cl)c(Cl)c2)cc1. The lowest BCUT2D eigenvalue weighted by Crippen LogP contribution is -2.18. The molecule has 3 aromatic rings. The van der Waals surface area contributed by atoms with Crippen LogP contribution in [-0.4, -0.2) is 14.6 Å². The van der Waals surface area contributed by atoms with Crippen LogP contribution in [0.5, 0.6) is 5.75 Å². The molecule has 1 N–H and O–H groups in total. The Morgan fingerprint density at radius 2 is 1.72 bits per heavy atom. The van der Waals surface area contributed by atoms with E-state index >= 15 is 0 Å². The molecule has 0 saturated carbocycles. The van der Waals surface area contributed by atoms with E-state index in [2.05, 4.69) is 9.93 Å². The zero-order valence-electron chi connectivity index (χ0n) is 15.5. The molecule has 0 heterocycles. The van der Waals surface area contributed by atoms with Gasteiger partial charge in [0.05, 0.1) is 16.1 Å². The van der Waals surface area contributed by atoms with Gasteiger partial charge in [0.25, 0.3) is 10.0 Å². The summed E-state index contributed by atoms with van der Waals surface area (Å²) in [5, 5.41) is 4.80. The molecule has 0 saturated heterocycles. The predicted molar refractivity (Wildman–Crippen MR) is 116 cm³/mol. The van der Waals surface area contributed by atoms with Crippen molar-refractivity contribution in [1.29, 1.82) is 0 Å². The summed E-state index contributed by atoms with van der Waals surface area (Å²) in [5.74, 6) is 0.490. The van der Waals surface area contributed by atoms with Gasteiger partial charge in [-0.25, -0.2) is 4.83 Å². The summed E-state index contributed by atoms with van der Waals surface area (Å²) in [6.45, 7) is 2.16. The van der Waals surface area contributed by atoms with Gasteiger partial charge in [-0.3, -0.25) is 0 Å². The van der Waals surface area contributed by atoms with Crippen LogP contribution in [0.25, 0.3) is 0 Å². The summed E-state index contributed by atoms with van der Waals surface area (Å²) in [6, 6.07) is 18.9. The molecule has 0 aromatic heterocycles. The molecule has 0 unspecified atom stereocenters. The van der Waals surface area contributed by atoms with E-state index in [0.717, 1.165) is 11.1 Å². The molecule has 3 aromatic carbocycles. The number of rotatable bonds is 7. The van der Waals surface area contributed by atoms with Gasteiger partial charge in [0.15, 0.2) is 0 Å². The molecular formula is C21H18Cl2N2O3S. The van der Waals surface area contributed by atoms with E-state index in [9.17, 15) is 8.42 Å². The molecule has 0 amide bonds. The van der Waals surface area contributed by atoms with Crippen LogP contribution in [0.3, 0.4) is 0 Å². The topological polar surface area (TPSA) is 67.8 Å². The molecule has 0 atom stereocenters. The zero-order valence-corrected chi connectivity index (χ0v) is 17.8. The average Bonchev–Trinajstić information content (AvgIpc) is 2.69. The van der Waals surface area contributed by atoms with Crippen LogP contribution < -0.4 is 9.57 Å². The fraction of sp³-hybridized carbons (Fsp3) is 0.0952. The highest BCUT2D eigenvalue weighted by Crippen LogP contribution is 2.27. The van der Waals surface area contributed by atoms with Crippen LogP contribution in [0, 0.1) is 6.92 Å². The van der Waals surface area contributed by atoms with Crippen molar-refractivity contribution in [3.05, 3.63) is 93.5 Å². The minimum Gasteiger partial charge on any atom is -0.487 e. The maximum atomic E-state index is 12.2. The highest BCUT2D eigenvalue weighted by molar-refractivity contribution is 7.89. The number of nitrogens with zero attached hydrogens (tertiary/aromatic N) is 1. The summed E-state index contributed by atoms with van der Waals surface area (Å²) in [5.41, 5.74) is 2.44. The third kappa shape index (κ3) is 5.73. The van der Waals surface area contributed by atoms with E-state index < -0.39 is 10.0 Å². The van der Waals surface area contributed by atoms with E-state index in [1.54, 1.807) is 36.4 Å². The Hall–Kier alpha value is -2.54. The van der Waals surface area contributed by atoms with Crippen LogP contribution in [-0.2, 0) is 16.6 Å². The van der Waals surface area contributed by atoms with Gasteiger partial charge in [-0.2, -0.15) is 13.5 Å². The lowest BCUT2D eigenvalue weighted by molar-refractivity contribution is 0.306. The Morgan fingerprint density at radius 1 is 1.00 bits per heavy atom. The third-order valence-corrected chi connectivity index (χ3v) is 5.92. The van der Waals surface area contributed by atoms with Crippen molar-refractivity contribution in [2.45, 2.75) is 18.4 Å². The normalized spacial score (nSPS) is 11.6. The molecule has 3 rings (SSSR count). The minimum atomic E-state index is -3.73. The zero-order chi connectivity index (χ0) is 20.9. The fourth-order valence-electron chi connectivity index (χ4n) is 2.43. The van der Waals surface area contributed by atoms with Crippen LogP contribution >= 0.6 is 23.2 Å². The van der Waals surface area contributed by atoms with E-state index in [0.29, 0.717) is 21.4 Å². The first-order chi connectivity index (χ1) is 13.8. The number of hydrazone groups is 1. The number of halogens is 2. The van der Waals surface area contributed by atoms with Crippen LogP contribution in [0.1, 0.15) is 16.7 Å². The van der Waals surface area contributed by atoms with Crippen molar-refractivity contribution in [2.24, 2.45) is 5.10 Å². The van der Waals surface area contributed by atoms with Gasteiger partial charge in [-0.15, -0.1) is 0 Å². The van der Waals surface area contributed by atoms with Gasteiger partial charge in [0, 0.05) is 10.6 Å². The monoisotopic (exact) mass is 448 g/mol. The Bertz CT molecular complexity index is 1130. The van der Waals surface area contributed by atoms with Crippen molar-refractivity contribution in [1.82, 2.24) is 4.83 Å². The highest BCUT2D eigenvalue weighted by Gasteiger charge is 2.12. The van der Waals surface area contributed by atoms with Gasteiger partial charge in [-0.1, -0.05) is 59.1 Å². The van der Waals surface area contributed by atoms with Crippen LogP contribution in [0.2, 0.25) is 10.0 Å². The Labute approximate surface area is 180 Å². The standard InChI is InChI=1S/C21H18Cl2N2O3S/c1-15-6-9-18(10-7-15)29(26,27)25-24-13-16-8-11-21(20(23)12-16)28-14-17-4-2-3-5-19(17)22/h2-13,25H,14H2,1H3/b24-13-. The maximum Gasteiger partial charge on any atom is 0.276 e. The molecule has 0 aliphatic heterocycles. The first-order valence-electron chi connectivity index (χ1n) is 8.62. The number of sulfonamides is 1. The van der Waals surface area contributed by atoms with Crippen molar-refractivity contribution in [2.75, 3.05) is 0 Å². The summed E-state index contributed by atoms with van der Waals surface area (Å²) < 4.78 is 30.2. The molecule has 0 aliphatic rings. The number of ether oxygens (including phenoxy) is 1. The van der Waals surface area contributed by atoms with E-state index in [1.165, 1.54) is 18.3 Å². The van der Waals surface area contributed by atoms with E-state index in [4.69, 9.17) is 27.9 Å². The van der Waals surface area contributed by atoms with Gasteiger partial charge >= 0.3 is 0 Å². The Kier molecular flexibility index (Phi) is 6.79. The first kappa shape index (κ1) is 21.2. The predicted octanol–water partition coefficient (Wildman–Crippen LogP) is 5.19. The summed E-state index contributed by atoms with van der Waals surface area (Å²) in [4.78, 5) is 2.32. The first-order valence-corrected chi connectivity index (χ1v) is 10.9. The number of benzene rings is 3. The molecule has 0 spiro atoms. The fourth-order valence-corrected chi connectivity index (χ4v) is 3.65. The van der Waals surface area contributed by atoms with Crippen LogP contribution in [0.4, 0.5) is 0 Å². The minimum absolute atomic E-state index is 0.140. The van der Waals surface area contributed by atoms with E-state index in [1.807, 2.05) is 25.1 Å². The molecule has 150 valence electrons. The van der Waals surface area contributed by atoms with Gasteiger partial charge < -0.3 is 4.74 Å². The largest absolute Gasteiger partial charge is 0.487 e. The quantitative estimate of drug-likeness (QED) is 0.399. The second kappa shape index (κ2) is 9.31. The Balaban J connectivity index is 1.64. The van der Waals surface area contributed by atoms with Crippen molar-refractivity contribution >= 4 is 39.4 Å². The maximum absolute atomic E-state index is 12.2. The molecule has 29 heavy (non-hydrogen) atoms. The summed E-state index contributed by atoms with van der Waals surface area (Å²) in [7, 11) is -3.73. The smallest absolute Gasteiger partial charge is 0.276 e. The summed E-state index contributed by atoms with van der Waals surface area (Å²) >= 11 is 12.4. The third-order valence-electron chi connectivity index (χ3n) is 4.01. The average molecular weight is 449 g/mol. The lowest BCUT2D eigenvalue weighted by atomic mass is 10.2. The molecule has 0 aliphatic carbocycles. The van der Waals surface area contributed by atoms with Crippen LogP contribution in [0.15, 0.2) is 76.7 Å². The second-order valence-electron chi connectivity index (χ2n) is 6.24. The van der Waals surface area contributed by atoms with Gasteiger partial charge in [0.2, 0.25) is 0 Å². The molecule has 0 bridgehead atoms. The number of aryl methyl sites for hydroxylation is 1. The number of hydrogen-bond acceptors (Lipinski definition) is 4. The molecule has 5 nitrogen and oxygen atoms in total. The second-order valence-corrected chi connectivity index (χ2v) is 8.71. The molecule has 0 radical (unpaired) electrons. The van der Waals surface area contributed by atoms with E-state index in [-0.39, 0.29) is 11.5 Å². The molecule has 8 heteroatoms. The van der Waals surface area contributed by atoms with Crippen molar-refractivity contribution in [3.63, 3.8) is 0 Å². The number of nitrogens with one attached hydrogen (secondary N) is 1. The molecule has 0 fully saturated rings. The summed E-state index contributed by atoms with van der Waals surface area (Å²) in [6.07, 6.45) is 1.37. The number of hydrogen-bond donors (Lipinski definition) is 1. The lowest BCUT2D eigenvalue weighted by Gasteiger charge is -2.09. The molecular weight excluding hydrogens is 431 g/mol. The highest BCUT2D eigenvalue weighted by atomic mass is 35.5. The van der Waals surface area contributed by atoms with Gasteiger partial charge in [-0.05, 0) is 48.9 Å². The van der Waals surface area contributed by atoms with Crippen molar-refractivity contribution in [3.8, 4) is 5.75 Å².